The van der Waals surface area contributed by atoms with Crippen LogP contribution in [0.5, 0.6) is 0 Å². The Labute approximate surface area is 140 Å². The van der Waals surface area contributed by atoms with E-state index in [0.29, 0.717) is 22.4 Å². The van der Waals surface area contributed by atoms with Crippen molar-refractivity contribution >= 4 is 29.0 Å². The van der Waals surface area contributed by atoms with Crippen LogP contribution in [-0.4, -0.2) is 33.9 Å². The number of hydrogen-bond acceptors (Lipinski definition) is 4. The number of anilines is 2. The number of nitrogens with zero attached hydrogens (tertiary/aromatic N) is 3. The second-order valence-electron chi connectivity index (χ2n) is 5.72. The van der Waals surface area contributed by atoms with Crippen LogP contribution in [0.2, 0.25) is 5.02 Å². The van der Waals surface area contributed by atoms with Gasteiger partial charge in [0.1, 0.15) is 17.3 Å². The molecule has 3 rings (SSSR count). The minimum absolute atomic E-state index is 0.0288. The molecule has 1 saturated heterocycles. The molecule has 1 fully saturated rings. The molecule has 1 aliphatic heterocycles. The van der Waals surface area contributed by atoms with E-state index in [9.17, 15) is 4.79 Å². The van der Waals surface area contributed by atoms with Crippen molar-refractivity contribution in [3.05, 3.63) is 46.4 Å². The molecule has 1 aliphatic rings. The Kier molecular flexibility index (Phi) is 4.48. The molecule has 0 spiro atoms. The Morgan fingerprint density at radius 1 is 1.22 bits per heavy atom. The molecule has 2 aromatic rings. The van der Waals surface area contributed by atoms with E-state index in [-0.39, 0.29) is 5.91 Å². The number of hydrogen-bond donors (Lipinski definition) is 1. The van der Waals surface area contributed by atoms with Gasteiger partial charge in [0.25, 0.3) is 5.91 Å². The van der Waals surface area contributed by atoms with Gasteiger partial charge in [-0.1, -0.05) is 17.7 Å². The number of likely N-dealkylation sites (tertiary alicyclic amines) is 1. The van der Waals surface area contributed by atoms with Crippen LogP contribution in [0.3, 0.4) is 0 Å². The molecule has 0 bridgehead atoms. The molecule has 2 heterocycles. The topological polar surface area (TPSA) is 58.1 Å². The van der Waals surface area contributed by atoms with Gasteiger partial charge < -0.3 is 10.2 Å². The van der Waals surface area contributed by atoms with Crippen LogP contribution >= 0.6 is 11.6 Å². The highest BCUT2D eigenvalue weighted by Gasteiger charge is 2.21. The van der Waals surface area contributed by atoms with Gasteiger partial charge in [-0.15, -0.1) is 0 Å². The van der Waals surface area contributed by atoms with E-state index in [1.54, 1.807) is 13.0 Å². The van der Waals surface area contributed by atoms with Gasteiger partial charge in [-0.2, -0.15) is 0 Å². The van der Waals surface area contributed by atoms with Gasteiger partial charge in [-0.05, 0) is 44.4 Å². The van der Waals surface area contributed by atoms with Crippen molar-refractivity contribution in [2.24, 2.45) is 0 Å². The lowest BCUT2D eigenvalue weighted by molar-refractivity contribution is 0.0786. The fourth-order valence-corrected chi connectivity index (χ4v) is 2.88. The summed E-state index contributed by atoms with van der Waals surface area (Å²) in [6.45, 7) is 5.34. The molecule has 5 nitrogen and oxygen atoms in total. The van der Waals surface area contributed by atoms with Crippen molar-refractivity contribution < 1.29 is 4.79 Å². The maximum Gasteiger partial charge on any atom is 0.272 e. The molecule has 0 aliphatic carbocycles. The third kappa shape index (κ3) is 3.45. The zero-order valence-electron chi connectivity index (χ0n) is 13.3. The maximum absolute atomic E-state index is 12.5. The molecular formula is C17H19ClN4O. The number of aryl methyl sites for hydroxylation is 1. The molecule has 0 atom stereocenters. The number of carbonyl (C=O) groups is 1. The predicted octanol–water partition coefficient (Wildman–Crippen LogP) is 3.73. The zero-order valence-corrected chi connectivity index (χ0v) is 14.0. The van der Waals surface area contributed by atoms with Gasteiger partial charge in [0, 0.05) is 29.9 Å². The number of nitrogens with one attached hydrogen (secondary N) is 1. The van der Waals surface area contributed by atoms with Crippen molar-refractivity contribution in [3.8, 4) is 0 Å². The van der Waals surface area contributed by atoms with E-state index < -0.39 is 0 Å². The Bertz CT molecular complexity index is 741. The van der Waals surface area contributed by atoms with Crippen LogP contribution < -0.4 is 5.32 Å². The SMILES string of the molecule is Cc1nc(Nc2cccc(Cl)c2C)cc(C(=O)N2CCCC2)n1. The predicted molar refractivity (Wildman–Crippen MR) is 91.4 cm³/mol. The van der Waals surface area contributed by atoms with Crippen LogP contribution in [-0.2, 0) is 0 Å². The third-order valence-electron chi connectivity index (χ3n) is 3.98. The molecule has 0 saturated carbocycles. The number of rotatable bonds is 3. The second kappa shape index (κ2) is 6.54. The summed E-state index contributed by atoms with van der Waals surface area (Å²) in [6, 6.07) is 7.35. The van der Waals surface area contributed by atoms with Gasteiger partial charge >= 0.3 is 0 Å². The molecule has 1 aromatic carbocycles. The molecule has 0 unspecified atom stereocenters. The smallest absolute Gasteiger partial charge is 0.272 e. The molecule has 1 N–H and O–H groups in total. The van der Waals surface area contributed by atoms with Crippen molar-refractivity contribution in [3.63, 3.8) is 0 Å². The van der Waals surface area contributed by atoms with Crippen LogP contribution in [0.1, 0.15) is 34.7 Å². The molecular weight excluding hydrogens is 312 g/mol. The molecule has 1 aromatic heterocycles. The lowest BCUT2D eigenvalue weighted by Gasteiger charge is -2.16. The molecule has 6 heteroatoms. The number of aromatic nitrogens is 2. The quantitative estimate of drug-likeness (QED) is 0.931. The van der Waals surface area contributed by atoms with Gasteiger partial charge in [0.15, 0.2) is 0 Å². The van der Waals surface area contributed by atoms with Gasteiger partial charge in [-0.3, -0.25) is 4.79 Å². The zero-order chi connectivity index (χ0) is 16.4. The van der Waals surface area contributed by atoms with Gasteiger partial charge in [0.05, 0.1) is 0 Å². The highest BCUT2D eigenvalue weighted by Crippen LogP contribution is 2.26. The van der Waals surface area contributed by atoms with E-state index in [0.717, 1.165) is 37.2 Å². The van der Waals surface area contributed by atoms with Gasteiger partial charge in [0.2, 0.25) is 0 Å². The van der Waals surface area contributed by atoms with Crippen LogP contribution in [0.15, 0.2) is 24.3 Å². The fourth-order valence-electron chi connectivity index (χ4n) is 2.70. The Morgan fingerprint density at radius 3 is 2.70 bits per heavy atom. The van der Waals surface area contributed by atoms with Crippen molar-refractivity contribution in [1.82, 2.24) is 14.9 Å². The number of carbonyl (C=O) groups excluding carboxylic acids is 1. The number of amides is 1. The van der Waals surface area contributed by atoms with E-state index in [1.807, 2.05) is 30.0 Å². The summed E-state index contributed by atoms with van der Waals surface area (Å²) in [7, 11) is 0. The highest BCUT2D eigenvalue weighted by molar-refractivity contribution is 6.31. The average molecular weight is 331 g/mol. The van der Waals surface area contributed by atoms with E-state index in [4.69, 9.17) is 11.6 Å². The second-order valence-corrected chi connectivity index (χ2v) is 6.13. The lowest BCUT2D eigenvalue weighted by Crippen LogP contribution is -2.28. The van der Waals surface area contributed by atoms with Crippen LogP contribution in [0.25, 0.3) is 0 Å². The molecule has 1 amide bonds. The maximum atomic E-state index is 12.5. The molecule has 120 valence electrons. The van der Waals surface area contributed by atoms with Crippen LogP contribution in [0, 0.1) is 13.8 Å². The normalized spacial score (nSPS) is 14.1. The minimum Gasteiger partial charge on any atom is -0.340 e. The summed E-state index contributed by atoms with van der Waals surface area (Å²) < 4.78 is 0. The summed E-state index contributed by atoms with van der Waals surface area (Å²) in [5, 5.41) is 3.92. The molecule has 23 heavy (non-hydrogen) atoms. The summed E-state index contributed by atoms with van der Waals surface area (Å²) >= 11 is 6.15. The summed E-state index contributed by atoms with van der Waals surface area (Å²) in [6.07, 6.45) is 2.12. The monoisotopic (exact) mass is 330 g/mol. The van der Waals surface area contributed by atoms with Crippen molar-refractivity contribution in [1.29, 1.82) is 0 Å². The lowest BCUT2D eigenvalue weighted by atomic mass is 10.2. The van der Waals surface area contributed by atoms with Crippen molar-refractivity contribution in [2.75, 3.05) is 18.4 Å². The van der Waals surface area contributed by atoms with E-state index >= 15 is 0 Å². The van der Waals surface area contributed by atoms with Crippen LogP contribution in [0.4, 0.5) is 11.5 Å². The largest absolute Gasteiger partial charge is 0.340 e. The summed E-state index contributed by atoms with van der Waals surface area (Å²) in [5.74, 6) is 1.14. The standard InChI is InChI=1S/C17H19ClN4O/c1-11-13(18)6-5-7-14(11)21-16-10-15(19-12(2)20-16)17(23)22-8-3-4-9-22/h5-7,10H,3-4,8-9H2,1-2H3,(H,19,20,21). The Balaban J connectivity index is 1.88. The van der Waals surface area contributed by atoms with Gasteiger partial charge in [-0.25, -0.2) is 9.97 Å². The summed E-state index contributed by atoms with van der Waals surface area (Å²) in [4.78, 5) is 23.0. The highest BCUT2D eigenvalue weighted by atomic mass is 35.5. The minimum atomic E-state index is -0.0288. The first-order valence-corrected chi connectivity index (χ1v) is 8.09. The fraction of sp³-hybridized carbons (Fsp3) is 0.353. The first kappa shape index (κ1) is 15.7. The molecule has 0 radical (unpaired) electrons. The Hall–Kier alpha value is -2.14. The third-order valence-corrected chi connectivity index (χ3v) is 4.39. The number of halogens is 1. The van der Waals surface area contributed by atoms with E-state index in [1.165, 1.54) is 0 Å². The van der Waals surface area contributed by atoms with Crippen molar-refractivity contribution in [2.45, 2.75) is 26.7 Å². The first-order valence-electron chi connectivity index (χ1n) is 7.71. The number of benzene rings is 1. The van der Waals surface area contributed by atoms with E-state index in [2.05, 4.69) is 15.3 Å². The first-order chi connectivity index (χ1) is 11.0. The summed E-state index contributed by atoms with van der Waals surface area (Å²) in [5.41, 5.74) is 2.25. The Morgan fingerprint density at radius 2 is 1.96 bits per heavy atom. The average Bonchev–Trinajstić information content (AvgIpc) is 3.05.